The first-order valence-corrected chi connectivity index (χ1v) is 10.5. The third-order valence-corrected chi connectivity index (χ3v) is 5.51. The van der Waals surface area contributed by atoms with E-state index in [0.717, 1.165) is 16.5 Å². The third kappa shape index (κ3) is 4.11. The SMILES string of the molecule is CCOC(=O)c1cc(NC(=O)CCCN2C(=O)c3cccc4cccc2c34)ccc1Cl. The van der Waals surface area contributed by atoms with Gasteiger partial charge in [0.05, 0.1) is 22.9 Å². The molecule has 0 unspecified atom stereocenters. The number of anilines is 2. The lowest BCUT2D eigenvalue weighted by molar-refractivity contribution is -0.116. The molecular weight excluding hydrogens is 416 g/mol. The van der Waals surface area contributed by atoms with Crippen LogP contribution in [0.25, 0.3) is 10.8 Å². The molecule has 1 N–H and O–H groups in total. The van der Waals surface area contributed by atoms with Gasteiger partial charge in [0, 0.05) is 29.6 Å². The van der Waals surface area contributed by atoms with Gasteiger partial charge >= 0.3 is 5.97 Å². The van der Waals surface area contributed by atoms with Crippen molar-refractivity contribution in [3.63, 3.8) is 0 Å². The van der Waals surface area contributed by atoms with Crippen LogP contribution in [0.4, 0.5) is 11.4 Å². The van der Waals surface area contributed by atoms with Crippen LogP contribution in [-0.4, -0.2) is 30.9 Å². The maximum atomic E-state index is 12.8. The zero-order valence-electron chi connectivity index (χ0n) is 17.0. The van der Waals surface area contributed by atoms with Crippen molar-refractivity contribution in [3.05, 3.63) is 70.7 Å². The molecule has 3 aromatic carbocycles. The number of esters is 1. The van der Waals surface area contributed by atoms with Crippen molar-refractivity contribution in [2.75, 3.05) is 23.4 Å². The molecule has 0 aromatic heterocycles. The number of nitrogens with one attached hydrogen (secondary N) is 1. The summed E-state index contributed by atoms with van der Waals surface area (Å²) in [5.74, 6) is -0.784. The van der Waals surface area contributed by atoms with Crippen LogP contribution in [-0.2, 0) is 9.53 Å². The van der Waals surface area contributed by atoms with E-state index in [1.807, 2.05) is 36.4 Å². The summed E-state index contributed by atoms with van der Waals surface area (Å²) in [6.07, 6.45) is 0.730. The lowest BCUT2D eigenvalue weighted by atomic mass is 10.1. The highest BCUT2D eigenvalue weighted by molar-refractivity contribution is 6.33. The van der Waals surface area contributed by atoms with E-state index in [-0.39, 0.29) is 35.4 Å². The Bertz CT molecular complexity index is 1190. The maximum Gasteiger partial charge on any atom is 0.339 e. The molecule has 3 aromatic rings. The number of nitrogens with zero attached hydrogens (tertiary/aromatic N) is 1. The molecule has 4 rings (SSSR count). The average Bonchev–Trinajstić information content (AvgIpc) is 3.03. The van der Waals surface area contributed by atoms with E-state index >= 15 is 0 Å². The van der Waals surface area contributed by atoms with Gasteiger partial charge in [-0.05, 0) is 49.1 Å². The van der Waals surface area contributed by atoms with Crippen LogP contribution in [0.3, 0.4) is 0 Å². The molecule has 7 heteroatoms. The molecule has 0 fully saturated rings. The molecule has 0 aliphatic carbocycles. The highest BCUT2D eigenvalue weighted by Crippen LogP contribution is 2.37. The Labute approximate surface area is 184 Å². The first kappa shape index (κ1) is 20.9. The van der Waals surface area contributed by atoms with Crippen molar-refractivity contribution in [2.45, 2.75) is 19.8 Å². The van der Waals surface area contributed by atoms with E-state index < -0.39 is 5.97 Å². The molecule has 31 heavy (non-hydrogen) atoms. The highest BCUT2D eigenvalue weighted by Gasteiger charge is 2.29. The minimum Gasteiger partial charge on any atom is -0.462 e. The van der Waals surface area contributed by atoms with Crippen molar-refractivity contribution in [3.8, 4) is 0 Å². The number of benzene rings is 3. The molecule has 2 amide bonds. The number of hydrogen-bond donors (Lipinski definition) is 1. The van der Waals surface area contributed by atoms with Crippen LogP contribution < -0.4 is 10.2 Å². The zero-order valence-corrected chi connectivity index (χ0v) is 17.7. The minimum absolute atomic E-state index is 0.0380. The highest BCUT2D eigenvalue weighted by atomic mass is 35.5. The van der Waals surface area contributed by atoms with Crippen LogP contribution in [0.1, 0.15) is 40.5 Å². The molecule has 0 spiro atoms. The van der Waals surface area contributed by atoms with Gasteiger partial charge < -0.3 is 15.0 Å². The summed E-state index contributed by atoms with van der Waals surface area (Å²) in [7, 11) is 0. The van der Waals surface area contributed by atoms with Crippen molar-refractivity contribution in [1.29, 1.82) is 0 Å². The summed E-state index contributed by atoms with van der Waals surface area (Å²) < 4.78 is 4.98. The predicted molar refractivity (Wildman–Crippen MR) is 121 cm³/mol. The van der Waals surface area contributed by atoms with Crippen molar-refractivity contribution >= 4 is 51.5 Å². The van der Waals surface area contributed by atoms with E-state index in [4.69, 9.17) is 16.3 Å². The molecule has 0 saturated heterocycles. The van der Waals surface area contributed by atoms with E-state index in [1.165, 1.54) is 6.07 Å². The fourth-order valence-electron chi connectivity index (χ4n) is 3.79. The molecule has 0 saturated carbocycles. The first-order chi connectivity index (χ1) is 15.0. The Morgan fingerprint density at radius 1 is 1.10 bits per heavy atom. The lowest BCUT2D eigenvalue weighted by Crippen LogP contribution is -2.28. The smallest absolute Gasteiger partial charge is 0.339 e. The minimum atomic E-state index is -0.537. The van der Waals surface area contributed by atoms with Crippen LogP contribution >= 0.6 is 11.6 Å². The van der Waals surface area contributed by atoms with Gasteiger partial charge in [-0.3, -0.25) is 9.59 Å². The summed E-state index contributed by atoms with van der Waals surface area (Å²) in [5, 5.41) is 5.03. The maximum absolute atomic E-state index is 12.8. The second kappa shape index (κ2) is 8.78. The van der Waals surface area contributed by atoms with Gasteiger partial charge in [0.1, 0.15) is 0 Å². The average molecular weight is 437 g/mol. The molecule has 0 radical (unpaired) electrons. The van der Waals surface area contributed by atoms with Gasteiger partial charge in [0.2, 0.25) is 5.91 Å². The molecule has 0 bridgehead atoms. The number of halogens is 1. The second-order valence-corrected chi connectivity index (χ2v) is 7.61. The van der Waals surface area contributed by atoms with Gasteiger partial charge in [-0.2, -0.15) is 0 Å². The Hall–Kier alpha value is -3.38. The van der Waals surface area contributed by atoms with Gasteiger partial charge in [0.25, 0.3) is 5.91 Å². The fourth-order valence-corrected chi connectivity index (χ4v) is 3.99. The number of amides is 2. The number of hydrogen-bond acceptors (Lipinski definition) is 4. The second-order valence-electron chi connectivity index (χ2n) is 7.20. The van der Waals surface area contributed by atoms with E-state index in [2.05, 4.69) is 5.32 Å². The summed E-state index contributed by atoms with van der Waals surface area (Å²) in [6, 6.07) is 16.2. The van der Waals surface area contributed by atoms with Crippen LogP contribution in [0.15, 0.2) is 54.6 Å². The van der Waals surface area contributed by atoms with Gasteiger partial charge in [-0.1, -0.05) is 35.9 Å². The Morgan fingerprint density at radius 2 is 1.87 bits per heavy atom. The predicted octanol–water partition coefficient (Wildman–Crippen LogP) is 5.05. The molecule has 1 aliphatic rings. The Morgan fingerprint density at radius 3 is 2.65 bits per heavy atom. The molecule has 1 aliphatic heterocycles. The van der Waals surface area contributed by atoms with Gasteiger partial charge in [0.15, 0.2) is 0 Å². The van der Waals surface area contributed by atoms with Crippen molar-refractivity contribution < 1.29 is 19.1 Å². The van der Waals surface area contributed by atoms with Crippen LogP contribution in [0.2, 0.25) is 5.02 Å². The summed E-state index contributed by atoms with van der Waals surface area (Å²) in [6.45, 7) is 2.38. The van der Waals surface area contributed by atoms with E-state index in [9.17, 15) is 14.4 Å². The lowest BCUT2D eigenvalue weighted by Gasteiger charge is -2.17. The largest absolute Gasteiger partial charge is 0.462 e. The van der Waals surface area contributed by atoms with E-state index in [0.29, 0.717) is 24.2 Å². The summed E-state index contributed by atoms with van der Waals surface area (Å²) >= 11 is 6.05. The monoisotopic (exact) mass is 436 g/mol. The quantitative estimate of drug-likeness (QED) is 0.526. The molecular formula is C24H21ClN2O4. The topological polar surface area (TPSA) is 75.7 Å². The third-order valence-electron chi connectivity index (χ3n) is 5.18. The Kier molecular flexibility index (Phi) is 5.91. The molecule has 1 heterocycles. The molecule has 6 nitrogen and oxygen atoms in total. The van der Waals surface area contributed by atoms with Crippen molar-refractivity contribution in [1.82, 2.24) is 0 Å². The standard InChI is InChI=1S/C24H21ClN2O4/c1-2-31-24(30)18-14-16(11-12-19(18)25)26-21(28)10-5-13-27-20-9-4-7-15-6-3-8-17(22(15)20)23(27)29/h3-4,6-9,11-12,14H,2,5,10,13H2,1H3,(H,26,28). The Balaban J connectivity index is 1.38. The molecule has 0 atom stereocenters. The first-order valence-electron chi connectivity index (χ1n) is 10.1. The summed E-state index contributed by atoms with van der Waals surface area (Å²) in [5.41, 5.74) is 2.25. The number of carbonyl (C=O) groups is 3. The fraction of sp³-hybridized carbons (Fsp3) is 0.208. The normalized spacial score (nSPS) is 12.3. The zero-order chi connectivity index (χ0) is 22.0. The van der Waals surface area contributed by atoms with Crippen molar-refractivity contribution in [2.24, 2.45) is 0 Å². The molecule has 158 valence electrons. The van der Waals surface area contributed by atoms with Crippen LogP contribution in [0, 0.1) is 0 Å². The number of ether oxygens (including phenoxy) is 1. The number of rotatable bonds is 7. The van der Waals surface area contributed by atoms with Crippen LogP contribution in [0.5, 0.6) is 0 Å². The van der Waals surface area contributed by atoms with Gasteiger partial charge in [-0.25, -0.2) is 4.79 Å². The van der Waals surface area contributed by atoms with Gasteiger partial charge in [-0.15, -0.1) is 0 Å². The van der Waals surface area contributed by atoms with E-state index in [1.54, 1.807) is 24.0 Å². The summed E-state index contributed by atoms with van der Waals surface area (Å²) in [4.78, 5) is 38.9. The number of carbonyl (C=O) groups excluding carboxylic acids is 3.